The highest BCUT2D eigenvalue weighted by Crippen LogP contribution is 2.29. The van der Waals surface area contributed by atoms with Crippen LogP contribution in [0.25, 0.3) is 0 Å². The number of carbonyl (C=O) groups is 1. The number of nitrogen functional groups attached to an aromatic ring is 1. The zero-order chi connectivity index (χ0) is 13.1. The lowest BCUT2D eigenvalue weighted by Crippen LogP contribution is -2.13. The molecule has 1 aromatic heterocycles. The van der Waals surface area contributed by atoms with Gasteiger partial charge in [0.1, 0.15) is 0 Å². The zero-order valence-corrected chi connectivity index (χ0v) is 8.50. The number of nitrogens with two attached hydrogens (primary N) is 1. The normalized spacial score (nSPS) is 10.4. The lowest BCUT2D eigenvalue weighted by molar-refractivity contribution is -0.141. The van der Waals surface area contributed by atoms with Gasteiger partial charge in [0, 0.05) is 12.1 Å². The summed E-state index contributed by atoms with van der Waals surface area (Å²) in [5.41, 5.74) is 3.21. The van der Waals surface area contributed by atoms with E-state index in [2.05, 4.69) is 14.7 Å². The number of hydrogen-bond donors (Lipinski definition) is 1. The Balaban J connectivity index is 3.23. The van der Waals surface area contributed by atoms with E-state index < -0.39 is 29.4 Å². The van der Waals surface area contributed by atoms with Gasteiger partial charge in [0.25, 0.3) is 0 Å². The van der Waals surface area contributed by atoms with E-state index in [4.69, 9.17) is 5.73 Å². The number of halogens is 3. The van der Waals surface area contributed by atoms with Gasteiger partial charge in [0.05, 0.1) is 12.7 Å². The molecule has 1 aromatic rings. The number of anilines is 1. The van der Waals surface area contributed by atoms with Crippen LogP contribution in [-0.2, 0) is 15.7 Å². The second-order valence-electron chi connectivity index (χ2n) is 2.73. The van der Waals surface area contributed by atoms with Crippen molar-refractivity contribution in [2.75, 3.05) is 12.8 Å². The SMILES string of the molecule is COC(=O)C#Cc1cnc(N)nc1C(F)(F)F. The van der Waals surface area contributed by atoms with Gasteiger partial charge in [-0.15, -0.1) is 0 Å². The van der Waals surface area contributed by atoms with Gasteiger partial charge >= 0.3 is 12.1 Å². The molecular formula is C9H6F3N3O2. The summed E-state index contributed by atoms with van der Waals surface area (Å²) in [6.07, 6.45) is -3.93. The predicted molar refractivity (Wildman–Crippen MR) is 50.3 cm³/mol. The molecule has 0 aliphatic rings. The van der Waals surface area contributed by atoms with Crippen LogP contribution in [0.15, 0.2) is 6.20 Å². The van der Waals surface area contributed by atoms with Crippen molar-refractivity contribution in [3.63, 3.8) is 0 Å². The van der Waals surface area contributed by atoms with Crippen LogP contribution in [0.5, 0.6) is 0 Å². The van der Waals surface area contributed by atoms with Gasteiger partial charge in [0.15, 0.2) is 5.69 Å². The fraction of sp³-hybridized carbons (Fsp3) is 0.222. The Bertz CT molecular complexity index is 502. The van der Waals surface area contributed by atoms with Crippen molar-refractivity contribution >= 4 is 11.9 Å². The number of hydrogen-bond acceptors (Lipinski definition) is 5. The number of aromatic nitrogens is 2. The summed E-state index contributed by atoms with van der Waals surface area (Å²) in [6, 6.07) is 0. The number of alkyl halides is 3. The van der Waals surface area contributed by atoms with E-state index >= 15 is 0 Å². The molecule has 0 amide bonds. The smallest absolute Gasteiger partial charge is 0.434 e. The Morgan fingerprint density at radius 2 is 2.18 bits per heavy atom. The summed E-state index contributed by atoms with van der Waals surface area (Å²) >= 11 is 0. The first-order valence-corrected chi connectivity index (χ1v) is 4.14. The molecule has 0 aliphatic carbocycles. The molecule has 0 unspecified atom stereocenters. The molecule has 5 nitrogen and oxygen atoms in total. The van der Waals surface area contributed by atoms with Crippen molar-refractivity contribution in [2.24, 2.45) is 0 Å². The van der Waals surface area contributed by atoms with E-state index in [1.807, 2.05) is 11.8 Å². The van der Waals surface area contributed by atoms with Gasteiger partial charge < -0.3 is 10.5 Å². The highest BCUT2D eigenvalue weighted by atomic mass is 19.4. The Morgan fingerprint density at radius 1 is 1.53 bits per heavy atom. The lowest BCUT2D eigenvalue weighted by Gasteiger charge is -2.07. The van der Waals surface area contributed by atoms with Gasteiger partial charge in [-0.3, -0.25) is 0 Å². The number of nitrogens with zero attached hydrogens (tertiary/aromatic N) is 2. The number of methoxy groups -OCH3 is 1. The van der Waals surface area contributed by atoms with Crippen molar-refractivity contribution in [1.29, 1.82) is 0 Å². The second kappa shape index (κ2) is 4.69. The van der Waals surface area contributed by atoms with Crippen LogP contribution in [0.4, 0.5) is 19.1 Å². The number of ether oxygens (including phenoxy) is 1. The average molecular weight is 245 g/mol. The van der Waals surface area contributed by atoms with Crippen LogP contribution in [0, 0.1) is 11.8 Å². The molecular weight excluding hydrogens is 239 g/mol. The van der Waals surface area contributed by atoms with Crippen molar-refractivity contribution in [1.82, 2.24) is 9.97 Å². The Labute approximate surface area is 93.8 Å². The molecule has 0 aromatic carbocycles. The van der Waals surface area contributed by atoms with Crippen LogP contribution in [-0.4, -0.2) is 23.0 Å². The molecule has 0 aliphatic heterocycles. The quantitative estimate of drug-likeness (QED) is 0.535. The van der Waals surface area contributed by atoms with Crippen LogP contribution in [0.2, 0.25) is 0 Å². The van der Waals surface area contributed by atoms with Gasteiger partial charge in [-0.1, -0.05) is 5.92 Å². The summed E-state index contributed by atoms with van der Waals surface area (Å²) in [5.74, 6) is 2.33. The van der Waals surface area contributed by atoms with E-state index in [0.29, 0.717) is 0 Å². The van der Waals surface area contributed by atoms with E-state index in [-0.39, 0.29) is 0 Å². The van der Waals surface area contributed by atoms with Crippen LogP contribution >= 0.6 is 0 Å². The minimum absolute atomic E-state index is 0.527. The van der Waals surface area contributed by atoms with E-state index in [1.165, 1.54) is 0 Å². The minimum atomic E-state index is -4.73. The van der Waals surface area contributed by atoms with Gasteiger partial charge in [-0.2, -0.15) is 13.2 Å². The number of carbonyl (C=O) groups excluding carboxylic acids is 1. The molecule has 90 valence electrons. The minimum Gasteiger partial charge on any atom is -0.459 e. The highest BCUT2D eigenvalue weighted by Gasteiger charge is 2.35. The monoisotopic (exact) mass is 245 g/mol. The largest absolute Gasteiger partial charge is 0.459 e. The first-order valence-electron chi connectivity index (χ1n) is 4.14. The van der Waals surface area contributed by atoms with E-state index in [0.717, 1.165) is 13.3 Å². The topological polar surface area (TPSA) is 78.1 Å². The molecule has 0 atom stereocenters. The summed E-state index contributed by atoms with van der Waals surface area (Å²) < 4.78 is 41.7. The molecule has 0 spiro atoms. The van der Waals surface area contributed by atoms with Crippen molar-refractivity contribution in [3.8, 4) is 11.8 Å². The Morgan fingerprint density at radius 3 is 2.71 bits per heavy atom. The maximum atomic E-state index is 12.5. The van der Waals surface area contributed by atoms with E-state index in [1.54, 1.807) is 0 Å². The molecule has 2 N–H and O–H groups in total. The van der Waals surface area contributed by atoms with Gasteiger partial charge in [-0.05, 0) is 0 Å². The highest BCUT2D eigenvalue weighted by molar-refractivity contribution is 5.89. The van der Waals surface area contributed by atoms with E-state index in [9.17, 15) is 18.0 Å². The third-order valence-corrected chi connectivity index (χ3v) is 1.56. The van der Waals surface area contributed by atoms with Crippen LogP contribution in [0.3, 0.4) is 0 Å². The first-order chi connectivity index (χ1) is 7.84. The zero-order valence-electron chi connectivity index (χ0n) is 8.50. The summed E-state index contributed by atoms with van der Waals surface area (Å²) in [6.45, 7) is 0. The molecule has 0 bridgehead atoms. The molecule has 0 saturated heterocycles. The van der Waals surface area contributed by atoms with Crippen LogP contribution in [0.1, 0.15) is 11.3 Å². The summed E-state index contributed by atoms with van der Waals surface area (Å²) in [7, 11) is 1.06. The fourth-order valence-corrected chi connectivity index (χ4v) is 0.872. The standard InChI is InChI=1S/C9H6F3N3O2/c1-17-6(16)3-2-5-4-14-8(13)15-7(5)9(10,11)12/h4H,1H3,(H2,13,14,15). The molecule has 1 heterocycles. The maximum absolute atomic E-state index is 12.5. The van der Waals surface area contributed by atoms with Crippen molar-refractivity contribution < 1.29 is 22.7 Å². The molecule has 0 fully saturated rings. The number of esters is 1. The van der Waals surface area contributed by atoms with Crippen LogP contribution < -0.4 is 5.73 Å². The second-order valence-corrected chi connectivity index (χ2v) is 2.73. The Hall–Kier alpha value is -2.30. The molecule has 0 radical (unpaired) electrons. The molecule has 8 heteroatoms. The van der Waals surface area contributed by atoms with Crippen molar-refractivity contribution in [2.45, 2.75) is 6.18 Å². The number of rotatable bonds is 0. The average Bonchev–Trinajstić information content (AvgIpc) is 2.25. The third-order valence-electron chi connectivity index (χ3n) is 1.56. The molecule has 1 rings (SSSR count). The fourth-order valence-electron chi connectivity index (χ4n) is 0.872. The third kappa shape index (κ3) is 3.34. The maximum Gasteiger partial charge on any atom is 0.434 e. The summed E-state index contributed by atoms with van der Waals surface area (Å²) in [4.78, 5) is 17.1. The summed E-state index contributed by atoms with van der Waals surface area (Å²) in [5, 5.41) is 0. The molecule has 17 heavy (non-hydrogen) atoms. The van der Waals surface area contributed by atoms with Gasteiger partial charge in [-0.25, -0.2) is 14.8 Å². The Kier molecular flexibility index (Phi) is 3.52. The first kappa shape index (κ1) is 12.8. The lowest BCUT2D eigenvalue weighted by atomic mass is 10.2. The van der Waals surface area contributed by atoms with Crippen molar-refractivity contribution in [3.05, 3.63) is 17.5 Å². The molecule has 0 saturated carbocycles. The predicted octanol–water partition coefficient (Wildman–Crippen LogP) is 0.602. The van der Waals surface area contributed by atoms with Gasteiger partial charge in [0.2, 0.25) is 5.95 Å².